The van der Waals surface area contributed by atoms with Crippen molar-refractivity contribution in [3.63, 3.8) is 0 Å². The van der Waals surface area contributed by atoms with Crippen LogP contribution in [0.5, 0.6) is 5.75 Å². The summed E-state index contributed by atoms with van der Waals surface area (Å²) in [5, 5.41) is 3.20. The Kier molecular flexibility index (Phi) is 5.34. The molecule has 3 aromatic rings. The highest BCUT2D eigenvalue weighted by molar-refractivity contribution is 6.46. The Hall–Kier alpha value is -3.86. The van der Waals surface area contributed by atoms with Crippen molar-refractivity contribution in [2.75, 3.05) is 17.3 Å². The van der Waals surface area contributed by atoms with E-state index in [0.717, 1.165) is 27.9 Å². The van der Waals surface area contributed by atoms with E-state index in [0.29, 0.717) is 17.0 Å². The monoisotopic (exact) mass is 412 g/mol. The second kappa shape index (κ2) is 8.11. The maximum Gasteiger partial charge on any atom is 0.282 e. The highest BCUT2D eigenvalue weighted by Gasteiger charge is 2.40. The molecule has 1 heterocycles. The van der Waals surface area contributed by atoms with E-state index in [9.17, 15) is 9.59 Å². The van der Waals surface area contributed by atoms with E-state index in [4.69, 9.17) is 4.74 Å². The average Bonchev–Trinajstić information content (AvgIpc) is 2.99. The summed E-state index contributed by atoms with van der Waals surface area (Å²) in [6.07, 6.45) is 0. The highest BCUT2D eigenvalue weighted by Crippen LogP contribution is 2.36. The molecule has 0 saturated heterocycles. The molecule has 1 aliphatic heterocycles. The summed E-state index contributed by atoms with van der Waals surface area (Å²) >= 11 is 0. The quantitative estimate of drug-likeness (QED) is 0.598. The lowest BCUT2D eigenvalue weighted by Crippen LogP contribution is -2.32. The zero-order valence-corrected chi connectivity index (χ0v) is 18.0. The van der Waals surface area contributed by atoms with Crippen LogP contribution in [0, 0.1) is 20.8 Å². The van der Waals surface area contributed by atoms with Gasteiger partial charge in [-0.25, -0.2) is 4.90 Å². The van der Waals surface area contributed by atoms with Gasteiger partial charge in [0.05, 0.1) is 18.4 Å². The molecule has 156 valence electrons. The molecule has 0 aliphatic carbocycles. The van der Waals surface area contributed by atoms with Gasteiger partial charge in [-0.3, -0.25) is 9.59 Å². The van der Waals surface area contributed by atoms with Crippen molar-refractivity contribution in [3.8, 4) is 5.75 Å². The van der Waals surface area contributed by atoms with Gasteiger partial charge in [0.15, 0.2) is 0 Å². The highest BCUT2D eigenvalue weighted by atomic mass is 16.5. The smallest absolute Gasteiger partial charge is 0.282 e. The van der Waals surface area contributed by atoms with Crippen LogP contribution in [-0.2, 0) is 9.59 Å². The van der Waals surface area contributed by atoms with Crippen molar-refractivity contribution < 1.29 is 14.3 Å². The van der Waals surface area contributed by atoms with Crippen LogP contribution in [0.1, 0.15) is 22.3 Å². The first kappa shape index (κ1) is 20.4. The van der Waals surface area contributed by atoms with Crippen LogP contribution < -0.4 is 15.0 Å². The molecule has 1 aliphatic rings. The summed E-state index contributed by atoms with van der Waals surface area (Å²) < 4.78 is 5.28. The summed E-state index contributed by atoms with van der Waals surface area (Å²) in [6.45, 7) is 5.95. The Balaban J connectivity index is 1.85. The van der Waals surface area contributed by atoms with Gasteiger partial charge in [-0.05, 0) is 56.2 Å². The second-order valence-electron chi connectivity index (χ2n) is 7.71. The molecule has 2 amide bonds. The van der Waals surface area contributed by atoms with E-state index in [1.54, 1.807) is 31.4 Å². The van der Waals surface area contributed by atoms with Crippen LogP contribution in [-0.4, -0.2) is 18.9 Å². The molecule has 4 rings (SSSR count). The van der Waals surface area contributed by atoms with E-state index >= 15 is 0 Å². The van der Waals surface area contributed by atoms with Crippen LogP contribution in [0.25, 0.3) is 5.57 Å². The maximum atomic E-state index is 13.6. The minimum Gasteiger partial charge on any atom is -0.497 e. The lowest BCUT2D eigenvalue weighted by atomic mass is 9.97. The fourth-order valence-electron chi connectivity index (χ4n) is 3.75. The van der Waals surface area contributed by atoms with Gasteiger partial charge in [-0.2, -0.15) is 0 Å². The Morgan fingerprint density at radius 3 is 2.19 bits per heavy atom. The van der Waals surface area contributed by atoms with Gasteiger partial charge in [0, 0.05) is 11.8 Å². The zero-order valence-electron chi connectivity index (χ0n) is 18.0. The predicted octanol–water partition coefficient (Wildman–Crippen LogP) is 5.02. The van der Waals surface area contributed by atoms with Crippen molar-refractivity contribution in [1.82, 2.24) is 0 Å². The standard InChI is InChI=1S/C26H24N2O3/c1-16-8-11-19(12-9-16)27-24-23(22-13-10-17(2)14-18(22)3)25(29)28(26(24)30)20-6-5-7-21(15-20)31-4/h5-15,27H,1-4H3. The van der Waals surface area contributed by atoms with Crippen molar-refractivity contribution in [2.45, 2.75) is 20.8 Å². The molecule has 5 nitrogen and oxygen atoms in total. The third-order valence-electron chi connectivity index (χ3n) is 5.37. The Labute approximate surface area is 182 Å². The van der Waals surface area contributed by atoms with Gasteiger partial charge in [-0.1, -0.05) is 47.5 Å². The van der Waals surface area contributed by atoms with Gasteiger partial charge in [-0.15, -0.1) is 0 Å². The molecular weight excluding hydrogens is 388 g/mol. The third kappa shape index (κ3) is 3.82. The number of nitrogens with one attached hydrogen (secondary N) is 1. The van der Waals surface area contributed by atoms with Crippen molar-refractivity contribution >= 4 is 28.8 Å². The van der Waals surface area contributed by atoms with Crippen LogP contribution in [0.3, 0.4) is 0 Å². The number of carbonyl (C=O) groups is 2. The molecule has 0 spiro atoms. The molecular formula is C26H24N2O3. The number of hydrogen-bond acceptors (Lipinski definition) is 4. The molecule has 0 saturated carbocycles. The van der Waals surface area contributed by atoms with E-state index in [2.05, 4.69) is 5.32 Å². The van der Waals surface area contributed by atoms with Crippen LogP contribution in [0.15, 0.2) is 72.4 Å². The van der Waals surface area contributed by atoms with Gasteiger partial charge < -0.3 is 10.1 Å². The first-order valence-corrected chi connectivity index (χ1v) is 10.1. The average molecular weight is 412 g/mol. The predicted molar refractivity (Wildman–Crippen MR) is 123 cm³/mol. The number of nitrogens with zero attached hydrogens (tertiary/aromatic N) is 1. The zero-order chi connectivity index (χ0) is 22.1. The number of imide groups is 1. The Bertz CT molecular complexity index is 1210. The normalized spacial score (nSPS) is 13.7. The van der Waals surface area contributed by atoms with Crippen molar-refractivity contribution in [3.05, 3.63) is 94.7 Å². The van der Waals surface area contributed by atoms with E-state index in [-0.39, 0.29) is 11.6 Å². The lowest BCUT2D eigenvalue weighted by molar-refractivity contribution is -0.120. The first-order valence-electron chi connectivity index (χ1n) is 10.1. The number of carbonyl (C=O) groups excluding carboxylic acids is 2. The van der Waals surface area contributed by atoms with Crippen molar-refractivity contribution in [2.24, 2.45) is 0 Å². The molecule has 0 fully saturated rings. The fraction of sp³-hybridized carbons (Fsp3) is 0.154. The molecule has 5 heteroatoms. The van der Waals surface area contributed by atoms with Gasteiger partial charge in [0.25, 0.3) is 11.8 Å². The maximum absolute atomic E-state index is 13.6. The molecule has 31 heavy (non-hydrogen) atoms. The number of aryl methyl sites for hydroxylation is 3. The molecule has 0 unspecified atom stereocenters. The topological polar surface area (TPSA) is 58.6 Å². The summed E-state index contributed by atoms with van der Waals surface area (Å²) in [6, 6.07) is 20.5. The number of rotatable bonds is 5. The molecule has 3 aromatic carbocycles. The SMILES string of the molecule is COc1cccc(N2C(=O)C(Nc3ccc(C)cc3)=C(c3ccc(C)cc3C)C2=O)c1. The van der Waals surface area contributed by atoms with E-state index < -0.39 is 5.91 Å². The van der Waals surface area contributed by atoms with E-state index in [1.807, 2.05) is 63.2 Å². The molecule has 0 bridgehead atoms. The number of anilines is 2. The molecule has 0 radical (unpaired) electrons. The number of ether oxygens (including phenoxy) is 1. The molecule has 0 atom stereocenters. The molecule has 1 N–H and O–H groups in total. The Morgan fingerprint density at radius 2 is 1.52 bits per heavy atom. The van der Waals surface area contributed by atoms with E-state index in [1.165, 1.54) is 4.90 Å². The second-order valence-corrected chi connectivity index (χ2v) is 7.71. The lowest BCUT2D eigenvalue weighted by Gasteiger charge is -2.16. The first-order chi connectivity index (χ1) is 14.9. The van der Waals surface area contributed by atoms with Gasteiger partial charge >= 0.3 is 0 Å². The van der Waals surface area contributed by atoms with Gasteiger partial charge in [0.2, 0.25) is 0 Å². The minimum atomic E-state index is -0.395. The summed E-state index contributed by atoms with van der Waals surface area (Å²) in [5.74, 6) is -0.181. The Morgan fingerprint density at radius 1 is 0.806 bits per heavy atom. The van der Waals surface area contributed by atoms with Crippen LogP contribution >= 0.6 is 0 Å². The number of benzene rings is 3. The third-order valence-corrected chi connectivity index (χ3v) is 5.37. The summed E-state index contributed by atoms with van der Waals surface area (Å²) in [4.78, 5) is 28.3. The van der Waals surface area contributed by atoms with Crippen LogP contribution in [0.4, 0.5) is 11.4 Å². The number of amides is 2. The van der Waals surface area contributed by atoms with Crippen molar-refractivity contribution in [1.29, 1.82) is 0 Å². The number of hydrogen-bond donors (Lipinski definition) is 1. The van der Waals surface area contributed by atoms with Crippen LogP contribution in [0.2, 0.25) is 0 Å². The summed E-state index contributed by atoms with van der Waals surface area (Å²) in [7, 11) is 1.55. The van der Waals surface area contributed by atoms with Gasteiger partial charge in [0.1, 0.15) is 11.4 Å². The largest absolute Gasteiger partial charge is 0.497 e. The molecule has 0 aromatic heterocycles. The number of methoxy groups -OCH3 is 1. The summed E-state index contributed by atoms with van der Waals surface area (Å²) in [5.41, 5.74) is 5.73. The fourth-order valence-corrected chi connectivity index (χ4v) is 3.75. The minimum absolute atomic E-state index is 0.267.